The van der Waals surface area contributed by atoms with E-state index in [0.717, 1.165) is 29.1 Å². The van der Waals surface area contributed by atoms with Gasteiger partial charge in [-0.2, -0.15) is 15.1 Å². The summed E-state index contributed by atoms with van der Waals surface area (Å²) in [6, 6.07) is 7.86. The number of benzene rings is 1. The van der Waals surface area contributed by atoms with Gasteiger partial charge >= 0.3 is 0 Å². The molecule has 2 aliphatic heterocycles. The Bertz CT molecular complexity index is 863. The largest absolute Gasteiger partial charge is 0.378 e. The third kappa shape index (κ3) is 3.56. The second kappa shape index (κ2) is 7.31. The molecular weight excluding hydrogens is 358 g/mol. The van der Waals surface area contributed by atoms with Crippen LogP contribution in [0.4, 0.5) is 5.69 Å². The Labute approximate surface area is 163 Å². The molecule has 1 aromatic rings. The number of aliphatic imine (C=N–C) groups is 1. The standard InChI is InChI=1S/C20H23N5OS/c1-24(2)15-10-8-13(9-11-15)12-16-17(21)25-20(22-18(16)26)27-19(23-25)14-6-4-3-5-7-14/h8-12,14,21H,3-7H2,1-2H3. The minimum absolute atomic E-state index is 0.111. The highest BCUT2D eigenvalue weighted by molar-refractivity contribution is 8.27. The third-order valence-electron chi connectivity index (χ3n) is 5.15. The minimum atomic E-state index is -0.365. The fourth-order valence-electron chi connectivity index (χ4n) is 3.56. The van der Waals surface area contributed by atoms with Gasteiger partial charge in [0.05, 0.1) is 5.57 Å². The molecule has 1 aliphatic carbocycles. The van der Waals surface area contributed by atoms with Crippen molar-refractivity contribution in [1.29, 1.82) is 5.41 Å². The van der Waals surface area contributed by atoms with Crippen LogP contribution in [0.25, 0.3) is 6.08 Å². The molecule has 0 radical (unpaired) electrons. The predicted octanol–water partition coefficient (Wildman–Crippen LogP) is 3.95. The quantitative estimate of drug-likeness (QED) is 0.805. The maximum atomic E-state index is 12.5. The van der Waals surface area contributed by atoms with Crippen LogP contribution in [0.15, 0.2) is 39.9 Å². The van der Waals surface area contributed by atoms with Crippen molar-refractivity contribution in [3.8, 4) is 0 Å². The van der Waals surface area contributed by atoms with E-state index in [1.165, 1.54) is 36.0 Å². The van der Waals surface area contributed by atoms with E-state index in [9.17, 15) is 4.79 Å². The molecule has 3 aliphatic rings. The Morgan fingerprint density at radius 1 is 1.19 bits per heavy atom. The van der Waals surface area contributed by atoms with Gasteiger partial charge < -0.3 is 4.90 Å². The molecule has 1 fully saturated rings. The molecule has 4 rings (SSSR count). The number of carbonyl (C=O) groups excluding carboxylic acids is 1. The first-order valence-electron chi connectivity index (χ1n) is 9.30. The summed E-state index contributed by atoms with van der Waals surface area (Å²) in [6.45, 7) is 0. The highest BCUT2D eigenvalue weighted by Crippen LogP contribution is 2.36. The van der Waals surface area contributed by atoms with Crippen molar-refractivity contribution in [3.63, 3.8) is 0 Å². The highest BCUT2D eigenvalue weighted by Gasteiger charge is 2.37. The third-order valence-corrected chi connectivity index (χ3v) is 6.22. The number of thioether (sulfide) groups is 1. The summed E-state index contributed by atoms with van der Waals surface area (Å²) < 4.78 is 0. The molecule has 0 atom stereocenters. The molecule has 1 N–H and O–H groups in total. The van der Waals surface area contributed by atoms with Crippen LogP contribution in [0, 0.1) is 11.3 Å². The van der Waals surface area contributed by atoms with E-state index in [1.54, 1.807) is 6.08 Å². The second-order valence-electron chi connectivity index (χ2n) is 7.28. The first kappa shape index (κ1) is 18.0. The van der Waals surface area contributed by atoms with Gasteiger partial charge in [0.2, 0.25) is 5.17 Å². The average Bonchev–Trinajstić information content (AvgIpc) is 3.10. The number of amidine groups is 2. The highest BCUT2D eigenvalue weighted by atomic mass is 32.2. The zero-order chi connectivity index (χ0) is 19.0. The Morgan fingerprint density at radius 3 is 2.56 bits per heavy atom. The van der Waals surface area contributed by atoms with E-state index >= 15 is 0 Å². The molecule has 1 aromatic carbocycles. The minimum Gasteiger partial charge on any atom is -0.378 e. The lowest BCUT2D eigenvalue weighted by Crippen LogP contribution is -2.35. The molecule has 2 heterocycles. The summed E-state index contributed by atoms with van der Waals surface area (Å²) in [4.78, 5) is 18.7. The van der Waals surface area contributed by atoms with Crippen molar-refractivity contribution >= 4 is 45.5 Å². The van der Waals surface area contributed by atoms with Crippen molar-refractivity contribution in [1.82, 2.24) is 5.01 Å². The molecule has 0 spiro atoms. The van der Waals surface area contributed by atoms with Gasteiger partial charge in [0.25, 0.3) is 5.91 Å². The molecule has 0 bridgehead atoms. The Hall–Kier alpha value is -2.41. The van der Waals surface area contributed by atoms with Gasteiger partial charge in [-0.25, -0.2) is 0 Å². The van der Waals surface area contributed by atoms with E-state index in [2.05, 4.69) is 10.1 Å². The zero-order valence-electron chi connectivity index (χ0n) is 15.6. The van der Waals surface area contributed by atoms with Crippen LogP contribution in [0.3, 0.4) is 0 Å². The number of amides is 1. The van der Waals surface area contributed by atoms with Crippen LogP contribution in [0.5, 0.6) is 0 Å². The average molecular weight is 382 g/mol. The molecule has 7 heteroatoms. The molecule has 27 heavy (non-hydrogen) atoms. The second-order valence-corrected chi connectivity index (χ2v) is 8.27. The number of nitrogens with one attached hydrogen (secondary N) is 1. The summed E-state index contributed by atoms with van der Waals surface area (Å²) in [5, 5.41) is 16.2. The topological polar surface area (TPSA) is 72.1 Å². The van der Waals surface area contributed by atoms with Crippen molar-refractivity contribution in [2.75, 3.05) is 19.0 Å². The molecule has 0 unspecified atom stereocenters. The summed E-state index contributed by atoms with van der Waals surface area (Å²) in [5.41, 5.74) is 2.24. The summed E-state index contributed by atoms with van der Waals surface area (Å²) in [7, 11) is 3.97. The van der Waals surface area contributed by atoms with Crippen molar-refractivity contribution < 1.29 is 4.79 Å². The van der Waals surface area contributed by atoms with E-state index in [0.29, 0.717) is 11.1 Å². The summed E-state index contributed by atoms with van der Waals surface area (Å²) in [5.74, 6) is 0.182. The zero-order valence-corrected chi connectivity index (χ0v) is 16.4. The fraction of sp³-hybridized carbons (Fsp3) is 0.400. The SMILES string of the molecule is CN(C)c1ccc(C=C2C(=N)N3N=C(C4CCCCC4)SC3=NC2=O)cc1. The summed E-state index contributed by atoms with van der Waals surface area (Å²) in [6.07, 6.45) is 7.72. The molecule has 0 aromatic heterocycles. The van der Waals surface area contributed by atoms with Crippen LogP contribution in [0.1, 0.15) is 37.7 Å². The van der Waals surface area contributed by atoms with Crippen LogP contribution >= 0.6 is 11.8 Å². The maximum absolute atomic E-state index is 12.5. The number of anilines is 1. The number of nitrogens with zero attached hydrogens (tertiary/aromatic N) is 4. The normalized spacial score (nSPS) is 22.0. The molecular formula is C20H23N5OS. The molecule has 1 saturated carbocycles. The van der Waals surface area contributed by atoms with Crippen molar-refractivity contribution in [3.05, 3.63) is 35.4 Å². The van der Waals surface area contributed by atoms with Gasteiger partial charge in [0, 0.05) is 25.7 Å². The van der Waals surface area contributed by atoms with Gasteiger partial charge in [-0.3, -0.25) is 10.2 Å². The fourth-order valence-corrected chi connectivity index (χ4v) is 4.62. The van der Waals surface area contributed by atoms with E-state index in [-0.39, 0.29) is 17.3 Å². The van der Waals surface area contributed by atoms with Crippen LogP contribution < -0.4 is 4.90 Å². The number of fused-ring (bicyclic) bond motifs is 1. The molecule has 1 amide bonds. The predicted molar refractivity (Wildman–Crippen MR) is 112 cm³/mol. The van der Waals surface area contributed by atoms with Crippen molar-refractivity contribution in [2.24, 2.45) is 16.0 Å². The van der Waals surface area contributed by atoms with E-state index in [4.69, 9.17) is 5.41 Å². The van der Waals surface area contributed by atoms with E-state index < -0.39 is 0 Å². The van der Waals surface area contributed by atoms with Crippen LogP contribution in [0.2, 0.25) is 0 Å². The van der Waals surface area contributed by atoms with Gasteiger partial charge in [0.1, 0.15) is 5.04 Å². The number of hydrogen-bond donors (Lipinski definition) is 1. The molecule has 0 saturated heterocycles. The Balaban J connectivity index is 1.59. The lowest BCUT2D eigenvalue weighted by Gasteiger charge is -2.20. The van der Waals surface area contributed by atoms with Crippen LogP contribution in [-0.2, 0) is 4.79 Å². The van der Waals surface area contributed by atoms with Gasteiger partial charge in [-0.15, -0.1) is 0 Å². The van der Waals surface area contributed by atoms with Crippen molar-refractivity contribution in [2.45, 2.75) is 32.1 Å². The number of hydrazone groups is 1. The van der Waals surface area contributed by atoms with Crippen LogP contribution in [-0.4, -0.2) is 41.1 Å². The Morgan fingerprint density at radius 2 is 1.89 bits per heavy atom. The van der Waals surface area contributed by atoms with Gasteiger partial charge in [-0.1, -0.05) is 31.4 Å². The van der Waals surface area contributed by atoms with Gasteiger partial charge in [-0.05, 0) is 48.4 Å². The van der Waals surface area contributed by atoms with E-state index in [1.807, 2.05) is 43.3 Å². The maximum Gasteiger partial charge on any atom is 0.283 e. The monoisotopic (exact) mass is 381 g/mol. The number of carbonyl (C=O) groups is 1. The molecule has 6 nitrogen and oxygen atoms in total. The number of rotatable bonds is 3. The lowest BCUT2D eigenvalue weighted by atomic mass is 9.90. The smallest absolute Gasteiger partial charge is 0.283 e. The summed E-state index contributed by atoms with van der Waals surface area (Å²) >= 11 is 1.45. The first-order valence-corrected chi connectivity index (χ1v) is 10.1. The lowest BCUT2D eigenvalue weighted by molar-refractivity contribution is -0.114. The molecule has 140 valence electrons. The first-order chi connectivity index (χ1) is 13.0. The Kier molecular flexibility index (Phi) is 4.86. The van der Waals surface area contributed by atoms with Gasteiger partial charge in [0.15, 0.2) is 5.84 Å². The number of hydrogen-bond acceptors (Lipinski definition) is 5.